The quantitative estimate of drug-likeness (QED) is 0.224. The molecule has 2 aliphatic heterocycles. The number of amides is 2. The third-order valence-electron chi connectivity index (χ3n) is 7.62. The van der Waals surface area contributed by atoms with Crippen LogP contribution in [-0.4, -0.2) is 31.0 Å². The van der Waals surface area contributed by atoms with Crippen molar-refractivity contribution in [3.8, 4) is 11.5 Å². The van der Waals surface area contributed by atoms with E-state index in [1.165, 1.54) is 0 Å². The van der Waals surface area contributed by atoms with Crippen LogP contribution >= 0.6 is 11.3 Å². The van der Waals surface area contributed by atoms with E-state index in [1.54, 1.807) is 47.7 Å². The number of thiazole rings is 1. The first-order valence-corrected chi connectivity index (χ1v) is 14.2. The summed E-state index contributed by atoms with van der Waals surface area (Å²) in [5.74, 6) is 1.44. The van der Waals surface area contributed by atoms with Crippen LogP contribution in [0.2, 0.25) is 0 Å². The molecule has 6 aromatic rings. The molecule has 0 aliphatic carbocycles. The molecule has 0 unspecified atom stereocenters. The van der Waals surface area contributed by atoms with Crippen molar-refractivity contribution in [2.24, 2.45) is 0 Å². The van der Waals surface area contributed by atoms with Gasteiger partial charge in [-0.2, -0.15) is 0 Å². The largest absolute Gasteiger partial charge is 0.497 e. The number of carbonyl (C=O) groups excluding carboxylic acids is 2. The highest BCUT2D eigenvalue weighted by atomic mass is 32.1. The Morgan fingerprint density at radius 2 is 1.36 bits per heavy atom. The van der Waals surface area contributed by atoms with Crippen LogP contribution in [0.4, 0.5) is 11.4 Å². The van der Waals surface area contributed by atoms with E-state index in [9.17, 15) is 9.59 Å². The Balaban J connectivity index is 0.000000137. The molecule has 0 saturated heterocycles. The van der Waals surface area contributed by atoms with Crippen LogP contribution < -0.4 is 19.3 Å². The molecule has 2 amide bonds. The number of hydrogen-bond donors (Lipinski definition) is 0. The summed E-state index contributed by atoms with van der Waals surface area (Å²) < 4.78 is 16.8. The molecular weight excluding hydrogens is 550 g/mol. The molecule has 0 saturated carbocycles. The van der Waals surface area contributed by atoms with Gasteiger partial charge in [-0.1, -0.05) is 12.1 Å². The minimum Gasteiger partial charge on any atom is -0.497 e. The van der Waals surface area contributed by atoms with Gasteiger partial charge in [0.05, 0.1) is 49.3 Å². The van der Waals surface area contributed by atoms with Gasteiger partial charge >= 0.3 is 0 Å². The van der Waals surface area contributed by atoms with Crippen molar-refractivity contribution in [2.75, 3.05) is 24.0 Å². The van der Waals surface area contributed by atoms with E-state index in [0.717, 1.165) is 49.3 Å². The van der Waals surface area contributed by atoms with Crippen LogP contribution in [0, 0.1) is 0 Å². The van der Waals surface area contributed by atoms with Crippen molar-refractivity contribution in [3.05, 3.63) is 113 Å². The molecule has 4 aromatic carbocycles. The lowest BCUT2D eigenvalue weighted by Crippen LogP contribution is -2.22. The molecule has 208 valence electrons. The summed E-state index contributed by atoms with van der Waals surface area (Å²) in [5.41, 5.74) is 8.88. The maximum atomic E-state index is 12.6. The van der Waals surface area contributed by atoms with Gasteiger partial charge in [-0.05, 0) is 77.9 Å². The van der Waals surface area contributed by atoms with Gasteiger partial charge in [0.2, 0.25) is 0 Å². The number of benzene rings is 4. The average Bonchev–Trinajstić information content (AvgIpc) is 3.82. The molecule has 8 nitrogen and oxygen atoms in total. The number of fused-ring (bicyclic) bond motifs is 4. The first-order valence-electron chi connectivity index (χ1n) is 13.3. The molecule has 9 heteroatoms. The maximum Gasteiger partial charge on any atom is 0.259 e. The summed E-state index contributed by atoms with van der Waals surface area (Å²) in [5, 5.41) is 0.994. The fraction of sp³-hybridized carbons (Fsp3) is 0.121. The van der Waals surface area contributed by atoms with Gasteiger partial charge in [0.25, 0.3) is 11.8 Å². The first kappa shape index (κ1) is 25.8. The Hall–Kier alpha value is -5.15. The molecule has 42 heavy (non-hydrogen) atoms. The molecule has 0 N–H and O–H groups in total. The Morgan fingerprint density at radius 3 is 2.00 bits per heavy atom. The first-order chi connectivity index (χ1) is 20.5. The number of hydrogen-bond acceptors (Lipinski definition) is 7. The van der Waals surface area contributed by atoms with E-state index >= 15 is 0 Å². The van der Waals surface area contributed by atoms with Crippen molar-refractivity contribution in [1.82, 2.24) is 4.98 Å². The summed E-state index contributed by atoms with van der Waals surface area (Å²) in [7, 11) is 3.21. The lowest BCUT2D eigenvalue weighted by molar-refractivity contribution is 0.0988. The number of nitrogens with zero attached hydrogens (tertiary/aromatic N) is 3. The lowest BCUT2D eigenvalue weighted by atomic mass is 10.1. The van der Waals surface area contributed by atoms with Gasteiger partial charge in [0.15, 0.2) is 0 Å². The molecule has 2 aliphatic rings. The van der Waals surface area contributed by atoms with Crippen LogP contribution in [0.5, 0.6) is 11.5 Å². The van der Waals surface area contributed by atoms with Gasteiger partial charge in [-0.3, -0.25) is 9.59 Å². The average molecular weight is 576 g/mol. The van der Waals surface area contributed by atoms with Crippen LogP contribution in [0.1, 0.15) is 31.8 Å². The van der Waals surface area contributed by atoms with Crippen LogP contribution in [0.3, 0.4) is 0 Å². The Kier molecular flexibility index (Phi) is 6.36. The zero-order valence-electron chi connectivity index (χ0n) is 22.9. The zero-order valence-corrected chi connectivity index (χ0v) is 23.7. The minimum atomic E-state index is 0.00625. The van der Waals surface area contributed by atoms with E-state index in [-0.39, 0.29) is 11.8 Å². The molecule has 0 fully saturated rings. The van der Waals surface area contributed by atoms with Gasteiger partial charge < -0.3 is 23.7 Å². The topological polar surface area (TPSA) is 85.1 Å². The van der Waals surface area contributed by atoms with E-state index in [2.05, 4.69) is 4.98 Å². The number of methoxy groups -OCH3 is 2. The smallest absolute Gasteiger partial charge is 0.259 e. The highest BCUT2D eigenvalue weighted by Crippen LogP contribution is 2.34. The standard InChI is InChI=1S/C17H13NO3.C16H12N2O2S/c1-20-14-4-2-12-10-18(17(19)15(12)9-14)13-3-5-16-11(8-13)6-7-21-16;1-20-12-4-2-10-8-18(16(19)13(10)7-12)11-3-5-14-15(6-11)21-9-17-14/h2-9H,10H2,1H3;2-7,9H,8H2,1H3. The minimum absolute atomic E-state index is 0.00625. The summed E-state index contributed by atoms with van der Waals surface area (Å²) in [6.45, 7) is 1.18. The Bertz CT molecular complexity index is 1850. The monoisotopic (exact) mass is 575 g/mol. The highest BCUT2D eigenvalue weighted by Gasteiger charge is 2.30. The third kappa shape index (κ3) is 4.44. The number of ether oxygens (including phenoxy) is 2. The highest BCUT2D eigenvalue weighted by molar-refractivity contribution is 7.16. The normalized spacial score (nSPS) is 13.8. The number of aromatic nitrogens is 1. The van der Waals surface area contributed by atoms with Crippen molar-refractivity contribution in [1.29, 1.82) is 0 Å². The van der Waals surface area contributed by atoms with E-state index < -0.39 is 0 Å². The van der Waals surface area contributed by atoms with Crippen molar-refractivity contribution in [3.63, 3.8) is 0 Å². The van der Waals surface area contributed by atoms with Crippen LogP contribution in [0.25, 0.3) is 21.2 Å². The fourth-order valence-electron chi connectivity index (χ4n) is 5.36. The van der Waals surface area contributed by atoms with Crippen molar-refractivity contribution >= 4 is 55.7 Å². The summed E-state index contributed by atoms with van der Waals surface area (Å²) >= 11 is 1.58. The molecule has 0 spiro atoms. The zero-order chi connectivity index (χ0) is 28.8. The number of anilines is 2. The van der Waals surface area contributed by atoms with Crippen molar-refractivity contribution in [2.45, 2.75) is 13.1 Å². The molecule has 2 aromatic heterocycles. The summed E-state index contributed by atoms with van der Waals surface area (Å²) in [6, 6.07) is 24.9. The Labute approximate surface area is 245 Å². The van der Waals surface area contributed by atoms with E-state index in [0.29, 0.717) is 30.2 Å². The second kappa shape index (κ2) is 10.4. The molecule has 0 atom stereocenters. The molecule has 4 heterocycles. The van der Waals surface area contributed by atoms with E-state index in [4.69, 9.17) is 13.9 Å². The molecular formula is C33H25N3O5S. The predicted molar refractivity (Wildman–Crippen MR) is 163 cm³/mol. The summed E-state index contributed by atoms with van der Waals surface area (Å²) in [4.78, 5) is 33.0. The van der Waals surface area contributed by atoms with Gasteiger partial charge in [-0.15, -0.1) is 11.3 Å². The van der Waals surface area contributed by atoms with Gasteiger partial charge in [0, 0.05) is 27.9 Å². The third-order valence-corrected chi connectivity index (χ3v) is 8.41. The molecule has 0 radical (unpaired) electrons. The van der Waals surface area contributed by atoms with E-state index in [1.807, 2.05) is 78.3 Å². The fourth-order valence-corrected chi connectivity index (χ4v) is 6.07. The number of rotatable bonds is 4. The SMILES string of the molecule is COc1ccc2c(c1)C(=O)N(c1ccc3ncsc3c1)C2.COc1ccc2c(c1)C(=O)N(c1ccc3occc3c1)C2. The maximum absolute atomic E-state index is 12.6. The molecule has 8 rings (SSSR count). The van der Waals surface area contributed by atoms with Crippen LogP contribution in [-0.2, 0) is 13.1 Å². The number of furan rings is 1. The van der Waals surface area contributed by atoms with Crippen molar-refractivity contribution < 1.29 is 23.5 Å². The molecule has 0 bridgehead atoms. The second-order valence-corrected chi connectivity index (χ2v) is 10.9. The predicted octanol–water partition coefficient (Wildman–Crippen LogP) is 7.07. The van der Waals surface area contributed by atoms with Crippen LogP contribution in [0.15, 0.2) is 95.1 Å². The Morgan fingerprint density at radius 1 is 0.738 bits per heavy atom. The second-order valence-electron chi connectivity index (χ2n) is 9.98. The van der Waals surface area contributed by atoms with Gasteiger partial charge in [0.1, 0.15) is 17.1 Å². The van der Waals surface area contributed by atoms with Gasteiger partial charge in [-0.25, -0.2) is 4.98 Å². The number of carbonyl (C=O) groups is 2. The lowest BCUT2D eigenvalue weighted by Gasteiger charge is -2.15. The summed E-state index contributed by atoms with van der Waals surface area (Å²) in [6.07, 6.45) is 1.65.